The number of esters is 2. The zero-order valence-electron chi connectivity index (χ0n) is 32.0. The summed E-state index contributed by atoms with van der Waals surface area (Å²) in [6.45, 7) is 7.83. The molecular weight excluding hydrogens is 723 g/mol. The topological polar surface area (TPSA) is 154 Å². The number of carbonyl (C=O) groups excluding carboxylic acids is 2. The van der Waals surface area contributed by atoms with Gasteiger partial charge in [0.1, 0.15) is 17.7 Å². The molecule has 0 radical (unpaired) electrons. The van der Waals surface area contributed by atoms with Gasteiger partial charge in [-0.2, -0.15) is 9.57 Å². The van der Waals surface area contributed by atoms with Crippen LogP contribution in [0.5, 0.6) is 0 Å². The Balaban J connectivity index is 1.27. The van der Waals surface area contributed by atoms with Gasteiger partial charge in [0.15, 0.2) is 5.79 Å². The fourth-order valence-corrected chi connectivity index (χ4v) is 10.0. The third-order valence-electron chi connectivity index (χ3n) is 11.7. The van der Waals surface area contributed by atoms with E-state index >= 15 is 0 Å². The lowest BCUT2D eigenvalue weighted by molar-refractivity contribution is -0.296. The third-order valence-corrected chi connectivity index (χ3v) is 13.5. The van der Waals surface area contributed by atoms with Crippen molar-refractivity contribution >= 4 is 22.0 Å². The zero-order valence-corrected chi connectivity index (χ0v) is 32.8. The van der Waals surface area contributed by atoms with Gasteiger partial charge in [0.2, 0.25) is 15.6 Å². The first-order valence-corrected chi connectivity index (χ1v) is 20.7. The lowest BCUT2D eigenvalue weighted by Gasteiger charge is -2.40. The highest BCUT2D eigenvalue weighted by molar-refractivity contribution is 7.89. The van der Waals surface area contributed by atoms with E-state index in [1.807, 2.05) is 56.3 Å². The van der Waals surface area contributed by atoms with Gasteiger partial charge in [0, 0.05) is 36.1 Å². The Kier molecular flexibility index (Phi) is 10.6. The van der Waals surface area contributed by atoms with Crippen molar-refractivity contribution in [1.29, 1.82) is 5.26 Å². The Morgan fingerprint density at radius 3 is 2.31 bits per heavy atom. The summed E-state index contributed by atoms with van der Waals surface area (Å²) in [5.41, 5.74) is -0.667. The molecule has 12 nitrogen and oxygen atoms in total. The maximum atomic E-state index is 14.7. The van der Waals surface area contributed by atoms with E-state index in [-0.39, 0.29) is 54.8 Å². The molecule has 0 N–H and O–H groups in total. The minimum Gasteiger partial charge on any atom is -0.463 e. The molecule has 2 aromatic carbocycles. The minimum absolute atomic E-state index is 0.0253. The quantitative estimate of drug-likeness (QED) is 0.251. The molecule has 0 bridgehead atoms. The number of hydrogen-bond acceptors (Lipinski definition) is 10. The van der Waals surface area contributed by atoms with Crippen molar-refractivity contribution in [1.82, 2.24) is 8.87 Å². The van der Waals surface area contributed by atoms with Crippen molar-refractivity contribution in [3.63, 3.8) is 0 Å². The molecule has 292 valence electrons. The zero-order chi connectivity index (χ0) is 39.2. The van der Waals surface area contributed by atoms with Gasteiger partial charge in [-0.3, -0.25) is 9.59 Å². The molecule has 7 rings (SSSR count). The second-order valence-corrected chi connectivity index (χ2v) is 17.9. The van der Waals surface area contributed by atoms with Gasteiger partial charge in [-0.15, -0.1) is 0 Å². The van der Waals surface area contributed by atoms with E-state index in [1.54, 1.807) is 26.0 Å². The molecule has 4 aliphatic rings. The molecule has 1 aliphatic carbocycles. The second kappa shape index (κ2) is 15.0. The number of sulfonamides is 1. The normalized spacial score (nSPS) is 21.8. The highest BCUT2D eigenvalue weighted by Gasteiger charge is 2.52. The number of hydrogen-bond donors (Lipinski definition) is 0. The van der Waals surface area contributed by atoms with E-state index in [2.05, 4.69) is 0 Å². The maximum Gasteiger partial charge on any atom is 0.355 e. The van der Waals surface area contributed by atoms with E-state index < -0.39 is 50.5 Å². The SMILES string of the molecule is CCOC(=O)[C@@](CC)(OC(=O)C1Cc2ccccc2CN1S(=O)(=O)c1ccc(C2CCCCC2)cc1)c1cc2n(c(=O)c1C#N)CC1(C2)OCC(C)(C)CO1. The van der Waals surface area contributed by atoms with Crippen LogP contribution < -0.4 is 5.56 Å². The predicted molar refractivity (Wildman–Crippen MR) is 201 cm³/mol. The van der Waals surface area contributed by atoms with Crippen molar-refractivity contribution in [2.75, 3.05) is 19.8 Å². The molecule has 1 spiro atoms. The van der Waals surface area contributed by atoms with Crippen LogP contribution in [0.1, 0.15) is 106 Å². The molecule has 0 amide bonds. The fourth-order valence-electron chi connectivity index (χ4n) is 8.48. The average molecular weight is 772 g/mol. The molecule has 1 aromatic heterocycles. The number of pyridine rings is 1. The first kappa shape index (κ1) is 38.9. The van der Waals surface area contributed by atoms with E-state index in [1.165, 1.54) is 17.1 Å². The average Bonchev–Trinajstić information content (AvgIpc) is 3.57. The molecule has 1 saturated carbocycles. The van der Waals surface area contributed by atoms with Gasteiger partial charge < -0.3 is 23.5 Å². The van der Waals surface area contributed by atoms with E-state index in [9.17, 15) is 28.1 Å². The summed E-state index contributed by atoms with van der Waals surface area (Å²) >= 11 is 0. The third kappa shape index (κ3) is 7.14. The molecular formula is C42H49N3O9S. The van der Waals surface area contributed by atoms with Crippen molar-refractivity contribution in [3.05, 3.63) is 98.5 Å². The Hall–Kier alpha value is -4.35. The summed E-state index contributed by atoms with van der Waals surface area (Å²) in [7, 11) is -4.27. The van der Waals surface area contributed by atoms with Crippen LogP contribution in [-0.4, -0.2) is 60.9 Å². The van der Waals surface area contributed by atoms with Crippen LogP contribution in [-0.2, 0) is 70.1 Å². The van der Waals surface area contributed by atoms with Crippen molar-refractivity contribution in [2.24, 2.45) is 5.41 Å². The van der Waals surface area contributed by atoms with E-state index in [0.717, 1.165) is 46.7 Å². The number of fused-ring (bicyclic) bond motifs is 2. The Morgan fingerprint density at radius 1 is 1.00 bits per heavy atom. The van der Waals surface area contributed by atoms with E-state index in [0.29, 0.717) is 24.8 Å². The highest BCUT2D eigenvalue weighted by Crippen LogP contribution is 2.41. The van der Waals surface area contributed by atoms with Gasteiger partial charge in [0.25, 0.3) is 5.56 Å². The van der Waals surface area contributed by atoms with Crippen LogP contribution in [0, 0.1) is 16.7 Å². The van der Waals surface area contributed by atoms with Gasteiger partial charge in [-0.1, -0.05) is 76.4 Å². The van der Waals surface area contributed by atoms with Crippen LogP contribution in [0.4, 0.5) is 0 Å². The lowest BCUT2D eigenvalue weighted by Crippen LogP contribution is -2.53. The predicted octanol–water partition coefficient (Wildman–Crippen LogP) is 5.62. The van der Waals surface area contributed by atoms with Gasteiger partial charge in [-0.05, 0) is 67.0 Å². The van der Waals surface area contributed by atoms with E-state index in [4.69, 9.17) is 18.9 Å². The molecule has 3 aliphatic heterocycles. The lowest BCUT2D eigenvalue weighted by atomic mass is 9.84. The summed E-state index contributed by atoms with van der Waals surface area (Å²) in [5.74, 6) is -2.74. The van der Waals surface area contributed by atoms with Crippen molar-refractivity contribution < 1.29 is 37.0 Å². The van der Waals surface area contributed by atoms with Crippen molar-refractivity contribution in [2.45, 2.75) is 120 Å². The molecule has 3 aromatic rings. The molecule has 4 heterocycles. The maximum absolute atomic E-state index is 14.7. The summed E-state index contributed by atoms with van der Waals surface area (Å²) in [4.78, 5) is 42.9. The van der Waals surface area contributed by atoms with Gasteiger partial charge in [0.05, 0.1) is 31.3 Å². The first-order chi connectivity index (χ1) is 26.3. The van der Waals surface area contributed by atoms with Crippen molar-refractivity contribution in [3.8, 4) is 6.07 Å². The summed E-state index contributed by atoms with van der Waals surface area (Å²) in [6, 6.07) is 16.3. The summed E-state index contributed by atoms with van der Waals surface area (Å²) in [5, 5.41) is 10.4. The van der Waals surface area contributed by atoms with Gasteiger partial charge >= 0.3 is 11.9 Å². The van der Waals surface area contributed by atoms with Gasteiger partial charge in [-0.25, -0.2) is 13.2 Å². The Morgan fingerprint density at radius 2 is 1.67 bits per heavy atom. The van der Waals surface area contributed by atoms with Crippen LogP contribution in [0.3, 0.4) is 0 Å². The molecule has 13 heteroatoms. The highest BCUT2D eigenvalue weighted by atomic mass is 32.2. The number of rotatable bonds is 9. The summed E-state index contributed by atoms with van der Waals surface area (Å²) < 4.78 is 55.7. The number of aromatic nitrogens is 1. The van der Waals surface area contributed by atoms with Crippen LogP contribution >= 0.6 is 0 Å². The summed E-state index contributed by atoms with van der Waals surface area (Å²) in [6.07, 6.45) is 5.54. The minimum atomic E-state index is -4.27. The largest absolute Gasteiger partial charge is 0.463 e. The number of carbonyl (C=O) groups is 2. The Labute approximate surface area is 322 Å². The van der Waals surface area contributed by atoms with Crippen LogP contribution in [0.25, 0.3) is 0 Å². The fraction of sp³-hybridized carbons (Fsp3) is 0.524. The number of nitrogens with zero attached hydrogens (tertiary/aromatic N) is 3. The molecule has 1 saturated heterocycles. The second-order valence-electron chi connectivity index (χ2n) is 16.0. The number of benzene rings is 2. The van der Waals surface area contributed by atoms with Crippen LogP contribution in [0.15, 0.2) is 64.3 Å². The number of nitriles is 1. The Bertz CT molecular complexity index is 2170. The molecule has 2 fully saturated rings. The smallest absolute Gasteiger partial charge is 0.355 e. The molecule has 2 atom stereocenters. The molecule has 1 unspecified atom stereocenters. The first-order valence-electron chi connectivity index (χ1n) is 19.3. The standard InChI is InChI=1S/C42H49N3O9S/c1-5-42(39(48)51-6-2,35-21-32-22-41(52-26-40(3,4)27-53-41)25-44(32)37(46)34(35)23-43)54-38(47)36-20-30-14-10-11-15-31(30)24-45(36)55(49,50)33-18-16-29(17-19-33)28-12-8-7-9-13-28/h10-11,14-19,21,28,36H,5-9,12-13,20,22,24-27H2,1-4H3/t36?,42-/m0/s1. The monoisotopic (exact) mass is 771 g/mol. The molecule has 55 heavy (non-hydrogen) atoms. The number of ether oxygens (including phenoxy) is 4. The van der Waals surface area contributed by atoms with Crippen LogP contribution in [0.2, 0.25) is 0 Å².